The Bertz CT molecular complexity index is 568. The van der Waals surface area contributed by atoms with Crippen molar-refractivity contribution in [3.63, 3.8) is 0 Å². The molecule has 1 fully saturated rings. The summed E-state index contributed by atoms with van der Waals surface area (Å²) in [5.74, 6) is 2.16. The van der Waals surface area contributed by atoms with Crippen molar-refractivity contribution in [3.8, 4) is 5.75 Å². The zero-order valence-corrected chi connectivity index (χ0v) is 11.3. The normalized spacial score (nSPS) is 13.8. The molecule has 0 radical (unpaired) electrons. The van der Waals surface area contributed by atoms with Crippen LogP contribution in [0.2, 0.25) is 0 Å². The molecule has 1 aliphatic carbocycles. The Morgan fingerprint density at radius 1 is 1.25 bits per heavy atom. The van der Waals surface area contributed by atoms with E-state index < -0.39 is 0 Å². The third kappa shape index (κ3) is 3.34. The smallest absolute Gasteiger partial charge is 0.244 e. The molecule has 2 aromatic rings. The molecule has 0 bridgehead atoms. The van der Waals surface area contributed by atoms with Crippen molar-refractivity contribution in [2.24, 2.45) is 0 Å². The summed E-state index contributed by atoms with van der Waals surface area (Å²) in [6.07, 6.45) is 4.06. The highest BCUT2D eigenvalue weighted by Gasteiger charge is 2.21. The second-order valence-electron chi connectivity index (χ2n) is 4.79. The summed E-state index contributed by atoms with van der Waals surface area (Å²) < 4.78 is 5.13. The molecule has 2 N–H and O–H groups in total. The second-order valence-corrected chi connectivity index (χ2v) is 4.79. The lowest BCUT2D eigenvalue weighted by molar-refractivity contribution is 0.414. The quantitative estimate of drug-likeness (QED) is 0.838. The monoisotopic (exact) mass is 271 g/mol. The highest BCUT2D eigenvalue weighted by atomic mass is 16.5. The number of anilines is 2. The minimum Gasteiger partial charge on any atom is -0.497 e. The predicted molar refractivity (Wildman–Crippen MR) is 76.8 cm³/mol. The third-order valence-corrected chi connectivity index (χ3v) is 3.10. The molecule has 0 aliphatic heterocycles. The minimum absolute atomic E-state index is 0.534. The summed E-state index contributed by atoms with van der Waals surface area (Å²) in [4.78, 5) is 4.38. The summed E-state index contributed by atoms with van der Waals surface area (Å²) >= 11 is 0. The number of hydrogen-bond acceptors (Lipinski definition) is 6. The summed E-state index contributed by atoms with van der Waals surface area (Å²) in [6, 6.07) is 8.43. The molecule has 1 aromatic carbocycles. The Kier molecular flexibility index (Phi) is 3.62. The molecular weight excluding hydrogens is 254 g/mol. The summed E-state index contributed by atoms with van der Waals surface area (Å²) in [5, 5.41) is 14.4. The van der Waals surface area contributed by atoms with Gasteiger partial charge in [0.2, 0.25) is 5.95 Å². The Morgan fingerprint density at radius 3 is 2.75 bits per heavy atom. The van der Waals surface area contributed by atoms with Gasteiger partial charge in [-0.3, -0.25) is 0 Å². The van der Waals surface area contributed by atoms with Crippen LogP contribution in [0, 0.1) is 0 Å². The predicted octanol–water partition coefficient (Wildman–Crippen LogP) is 2.07. The van der Waals surface area contributed by atoms with Crippen LogP contribution in [0.15, 0.2) is 30.5 Å². The maximum absolute atomic E-state index is 5.13. The number of nitrogens with zero attached hydrogens (tertiary/aromatic N) is 3. The van der Waals surface area contributed by atoms with E-state index in [2.05, 4.69) is 25.8 Å². The molecule has 20 heavy (non-hydrogen) atoms. The molecule has 6 heteroatoms. The molecule has 3 rings (SSSR count). The maximum Gasteiger partial charge on any atom is 0.244 e. The van der Waals surface area contributed by atoms with Crippen LogP contribution in [-0.2, 0) is 6.54 Å². The fourth-order valence-electron chi connectivity index (χ4n) is 1.81. The standard InChI is InChI=1S/C14H17N5O/c1-20-12-6-2-10(3-7-12)8-15-14-18-13(9-16-19-14)17-11-4-5-11/h2-3,6-7,9,11H,4-5,8H2,1H3,(H2,15,17,18,19). The van der Waals surface area contributed by atoms with Gasteiger partial charge in [0.05, 0.1) is 13.3 Å². The molecule has 104 valence electrons. The molecule has 0 saturated heterocycles. The van der Waals surface area contributed by atoms with E-state index in [1.165, 1.54) is 12.8 Å². The van der Waals surface area contributed by atoms with E-state index in [1.807, 2.05) is 24.3 Å². The average Bonchev–Trinajstić information content (AvgIpc) is 3.30. The number of nitrogens with one attached hydrogen (secondary N) is 2. The zero-order valence-electron chi connectivity index (χ0n) is 11.3. The first-order valence-corrected chi connectivity index (χ1v) is 6.66. The van der Waals surface area contributed by atoms with Crippen molar-refractivity contribution in [1.82, 2.24) is 15.2 Å². The first-order valence-electron chi connectivity index (χ1n) is 6.66. The van der Waals surface area contributed by atoms with Gasteiger partial charge in [-0.15, -0.1) is 5.10 Å². The van der Waals surface area contributed by atoms with Gasteiger partial charge in [-0.2, -0.15) is 10.1 Å². The van der Waals surface area contributed by atoms with Gasteiger partial charge in [0, 0.05) is 12.6 Å². The molecule has 1 aliphatic rings. The number of benzene rings is 1. The van der Waals surface area contributed by atoms with E-state index in [0.717, 1.165) is 17.1 Å². The Labute approximate surface area is 117 Å². The van der Waals surface area contributed by atoms with Crippen LogP contribution in [0.5, 0.6) is 5.75 Å². The number of methoxy groups -OCH3 is 1. The zero-order chi connectivity index (χ0) is 13.8. The van der Waals surface area contributed by atoms with E-state index in [-0.39, 0.29) is 0 Å². The molecule has 0 unspecified atom stereocenters. The van der Waals surface area contributed by atoms with Crippen molar-refractivity contribution < 1.29 is 4.74 Å². The van der Waals surface area contributed by atoms with Gasteiger partial charge in [-0.25, -0.2) is 0 Å². The van der Waals surface area contributed by atoms with Gasteiger partial charge in [0.25, 0.3) is 0 Å². The topological polar surface area (TPSA) is 72.0 Å². The van der Waals surface area contributed by atoms with Gasteiger partial charge in [0.15, 0.2) is 5.82 Å². The van der Waals surface area contributed by atoms with Gasteiger partial charge in [-0.1, -0.05) is 12.1 Å². The van der Waals surface area contributed by atoms with Crippen LogP contribution in [0.4, 0.5) is 11.8 Å². The SMILES string of the molecule is COc1ccc(CNc2nncc(NC3CC3)n2)cc1. The molecular formula is C14H17N5O. The first-order chi connectivity index (χ1) is 9.83. The van der Waals surface area contributed by atoms with Crippen LogP contribution in [0.3, 0.4) is 0 Å². The number of rotatable bonds is 6. The summed E-state index contributed by atoms with van der Waals surface area (Å²) in [5.41, 5.74) is 1.13. The summed E-state index contributed by atoms with van der Waals surface area (Å²) in [6.45, 7) is 0.651. The maximum atomic E-state index is 5.13. The molecule has 1 saturated carbocycles. The fraction of sp³-hybridized carbons (Fsp3) is 0.357. The lowest BCUT2D eigenvalue weighted by Crippen LogP contribution is -2.09. The fourth-order valence-corrected chi connectivity index (χ4v) is 1.81. The average molecular weight is 271 g/mol. The Morgan fingerprint density at radius 2 is 2.05 bits per heavy atom. The molecule has 1 heterocycles. The largest absolute Gasteiger partial charge is 0.497 e. The van der Waals surface area contributed by atoms with Crippen molar-refractivity contribution in [1.29, 1.82) is 0 Å². The third-order valence-electron chi connectivity index (χ3n) is 3.10. The van der Waals surface area contributed by atoms with Crippen molar-refractivity contribution in [3.05, 3.63) is 36.0 Å². The van der Waals surface area contributed by atoms with E-state index in [1.54, 1.807) is 13.3 Å². The van der Waals surface area contributed by atoms with E-state index >= 15 is 0 Å². The first kappa shape index (κ1) is 12.7. The van der Waals surface area contributed by atoms with Crippen LogP contribution >= 0.6 is 0 Å². The minimum atomic E-state index is 0.534. The van der Waals surface area contributed by atoms with Crippen LogP contribution in [0.1, 0.15) is 18.4 Å². The van der Waals surface area contributed by atoms with E-state index in [0.29, 0.717) is 18.5 Å². The molecule has 6 nitrogen and oxygen atoms in total. The Balaban J connectivity index is 1.58. The van der Waals surface area contributed by atoms with Crippen LogP contribution < -0.4 is 15.4 Å². The van der Waals surface area contributed by atoms with E-state index in [4.69, 9.17) is 4.74 Å². The molecule has 0 amide bonds. The number of hydrogen-bond donors (Lipinski definition) is 2. The van der Waals surface area contributed by atoms with Gasteiger partial charge in [-0.05, 0) is 30.5 Å². The van der Waals surface area contributed by atoms with Crippen molar-refractivity contribution in [2.45, 2.75) is 25.4 Å². The Hall–Kier alpha value is -2.37. The van der Waals surface area contributed by atoms with Crippen molar-refractivity contribution >= 4 is 11.8 Å². The highest BCUT2D eigenvalue weighted by Crippen LogP contribution is 2.23. The number of ether oxygens (including phenoxy) is 1. The van der Waals surface area contributed by atoms with Gasteiger partial charge < -0.3 is 15.4 Å². The van der Waals surface area contributed by atoms with E-state index in [9.17, 15) is 0 Å². The molecule has 0 spiro atoms. The molecule has 1 aromatic heterocycles. The lowest BCUT2D eigenvalue weighted by Gasteiger charge is -2.07. The second kappa shape index (κ2) is 5.73. The van der Waals surface area contributed by atoms with Gasteiger partial charge >= 0.3 is 0 Å². The van der Waals surface area contributed by atoms with Crippen LogP contribution in [-0.4, -0.2) is 28.3 Å². The van der Waals surface area contributed by atoms with Crippen molar-refractivity contribution in [2.75, 3.05) is 17.7 Å². The van der Waals surface area contributed by atoms with Gasteiger partial charge in [0.1, 0.15) is 5.75 Å². The van der Waals surface area contributed by atoms with Crippen LogP contribution in [0.25, 0.3) is 0 Å². The number of aromatic nitrogens is 3. The lowest BCUT2D eigenvalue weighted by atomic mass is 10.2. The molecule has 0 atom stereocenters. The summed E-state index contributed by atoms with van der Waals surface area (Å²) in [7, 11) is 1.66. The highest BCUT2D eigenvalue weighted by molar-refractivity contribution is 5.39.